The number of hydrogen-bond acceptors (Lipinski definition) is 4. The van der Waals surface area contributed by atoms with Crippen LogP contribution in [0.3, 0.4) is 0 Å². The first-order valence-corrected chi connectivity index (χ1v) is 11.2. The van der Waals surface area contributed by atoms with Crippen molar-refractivity contribution in [1.82, 2.24) is 10.2 Å². The van der Waals surface area contributed by atoms with Gasteiger partial charge in [-0.05, 0) is 60.8 Å². The maximum Gasteiger partial charge on any atom is 0.251 e. The van der Waals surface area contributed by atoms with Crippen molar-refractivity contribution in [1.29, 1.82) is 0 Å². The molecule has 1 saturated heterocycles. The van der Waals surface area contributed by atoms with E-state index in [0.29, 0.717) is 5.56 Å². The molecule has 2 aromatic carbocycles. The third-order valence-electron chi connectivity index (χ3n) is 5.65. The van der Waals surface area contributed by atoms with E-state index in [1.165, 1.54) is 29.1 Å². The zero-order valence-corrected chi connectivity index (χ0v) is 18.1. The van der Waals surface area contributed by atoms with Crippen LogP contribution in [0.15, 0.2) is 66.0 Å². The second-order valence-electron chi connectivity index (χ2n) is 7.73. The van der Waals surface area contributed by atoms with Crippen molar-refractivity contribution >= 4 is 22.9 Å². The van der Waals surface area contributed by atoms with Gasteiger partial charge in [-0.3, -0.25) is 9.69 Å². The number of halogens is 2. The molecule has 0 spiro atoms. The summed E-state index contributed by atoms with van der Waals surface area (Å²) in [6.07, 6.45) is 0. The lowest BCUT2D eigenvalue weighted by molar-refractivity contribution is 0.0890. The molecule has 0 radical (unpaired) electrons. The van der Waals surface area contributed by atoms with Crippen LogP contribution >= 0.6 is 11.3 Å². The third kappa shape index (κ3) is 5.11. The van der Waals surface area contributed by atoms with E-state index in [1.54, 1.807) is 23.5 Å². The van der Waals surface area contributed by atoms with E-state index in [2.05, 4.69) is 21.2 Å². The highest BCUT2D eigenvalue weighted by Gasteiger charge is 2.31. The molecule has 1 fully saturated rings. The first kappa shape index (κ1) is 21.5. The normalized spacial score (nSPS) is 16.7. The SMILES string of the molecule is C[C@@H](NC(=O)c1cccc(F)c1)[C@H](c1cccs1)N1CCN(c2ccc(F)cc2)CC1. The van der Waals surface area contributed by atoms with Gasteiger partial charge in [0, 0.05) is 48.3 Å². The van der Waals surface area contributed by atoms with Crippen LogP contribution in [0.25, 0.3) is 0 Å². The van der Waals surface area contributed by atoms with Gasteiger partial charge in [0.15, 0.2) is 0 Å². The van der Waals surface area contributed by atoms with E-state index in [9.17, 15) is 13.6 Å². The predicted octanol–water partition coefficient (Wildman–Crippen LogP) is 4.71. The Morgan fingerprint density at radius 2 is 1.71 bits per heavy atom. The second kappa shape index (κ2) is 9.58. The molecule has 0 saturated carbocycles. The van der Waals surface area contributed by atoms with Crippen LogP contribution in [0.2, 0.25) is 0 Å². The van der Waals surface area contributed by atoms with Crippen LogP contribution < -0.4 is 10.2 Å². The van der Waals surface area contributed by atoms with E-state index in [4.69, 9.17) is 0 Å². The number of hydrogen-bond donors (Lipinski definition) is 1. The van der Waals surface area contributed by atoms with Crippen molar-refractivity contribution in [3.05, 3.63) is 88.1 Å². The number of nitrogens with zero attached hydrogens (tertiary/aromatic N) is 2. The minimum Gasteiger partial charge on any atom is -0.369 e. The molecule has 3 aromatic rings. The summed E-state index contributed by atoms with van der Waals surface area (Å²) in [4.78, 5) is 18.5. The Balaban J connectivity index is 1.46. The Morgan fingerprint density at radius 3 is 2.35 bits per heavy atom. The van der Waals surface area contributed by atoms with Gasteiger partial charge in [0.25, 0.3) is 5.91 Å². The zero-order valence-electron chi connectivity index (χ0n) is 17.3. The molecule has 31 heavy (non-hydrogen) atoms. The Hall–Kier alpha value is -2.77. The lowest BCUT2D eigenvalue weighted by Crippen LogP contribution is -2.52. The summed E-state index contributed by atoms with van der Waals surface area (Å²) < 4.78 is 26.8. The second-order valence-corrected chi connectivity index (χ2v) is 8.71. The van der Waals surface area contributed by atoms with Crippen molar-refractivity contribution in [3.63, 3.8) is 0 Å². The number of carbonyl (C=O) groups excluding carboxylic acids is 1. The predicted molar refractivity (Wildman–Crippen MR) is 121 cm³/mol. The van der Waals surface area contributed by atoms with Crippen LogP contribution in [0.5, 0.6) is 0 Å². The standard InChI is InChI=1S/C24H25F2N3OS/c1-17(27-24(30)18-4-2-5-20(26)16-18)23(22-6-3-15-31-22)29-13-11-28(12-14-29)21-9-7-19(25)8-10-21/h2-10,15-17,23H,11-14H2,1H3,(H,27,30)/t17-,23-/m1/s1. The summed E-state index contributed by atoms with van der Waals surface area (Å²) in [7, 11) is 0. The first-order chi connectivity index (χ1) is 15.0. The number of thiophene rings is 1. The molecular weight excluding hydrogens is 416 g/mol. The molecule has 2 heterocycles. The van der Waals surface area contributed by atoms with Crippen LogP contribution in [0.1, 0.15) is 28.2 Å². The fourth-order valence-electron chi connectivity index (χ4n) is 4.11. The summed E-state index contributed by atoms with van der Waals surface area (Å²) in [6.45, 7) is 5.27. The maximum absolute atomic E-state index is 13.5. The summed E-state index contributed by atoms with van der Waals surface area (Å²) in [5, 5.41) is 5.10. The summed E-state index contributed by atoms with van der Waals surface area (Å²) in [6, 6.07) is 16.3. The summed E-state index contributed by atoms with van der Waals surface area (Å²) in [5.74, 6) is -0.937. The highest BCUT2D eigenvalue weighted by molar-refractivity contribution is 7.10. The van der Waals surface area contributed by atoms with Gasteiger partial charge in [0.05, 0.1) is 6.04 Å². The third-order valence-corrected chi connectivity index (χ3v) is 6.60. The molecule has 0 bridgehead atoms. The van der Waals surface area contributed by atoms with E-state index in [-0.39, 0.29) is 23.8 Å². The lowest BCUT2D eigenvalue weighted by atomic mass is 10.0. The fourth-order valence-corrected chi connectivity index (χ4v) is 5.08. The monoisotopic (exact) mass is 441 g/mol. The number of nitrogens with one attached hydrogen (secondary N) is 1. The molecular formula is C24H25F2N3OS. The molecule has 0 aliphatic carbocycles. The molecule has 1 aliphatic rings. The first-order valence-electron chi connectivity index (χ1n) is 10.4. The molecule has 1 aliphatic heterocycles. The van der Waals surface area contributed by atoms with Gasteiger partial charge in [-0.1, -0.05) is 12.1 Å². The van der Waals surface area contributed by atoms with Gasteiger partial charge in [-0.25, -0.2) is 8.78 Å². The van der Waals surface area contributed by atoms with Gasteiger partial charge in [0.2, 0.25) is 0 Å². The Morgan fingerprint density at radius 1 is 0.968 bits per heavy atom. The molecule has 2 atom stereocenters. The van der Waals surface area contributed by atoms with Crippen molar-refractivity contribution in [2.75, 3.05) is 31.1 Å². The Bertz CT molecular complexity index is 1000. The zero-order chi connectivity index (χ0) is 21.8. The molecule has 1 aromatic heterocycles. The minimum absolute atomic E-state index is 0.0212. The van der Waals surface area contributed by atoms with Crippen LogP contribution in [-0.2, 0) is 0 Å². The molecule has 1 amide bonds. The van der Waals surface area contributed by atoms with E-state index >= 15 is 0 Å². The lowest BCUT2D eigenvalue weighted by Gasteiger charge is -2.42. The van der Waals surface area contributed by atoms with Crippen LogP contribution in [0, 0.1) is 11.6 Å². The van der Waals surface area contributed by atoms with E-state index in [0.717, 1.165) is 31.9 Å². The number of rotatable bonds is 6. The van der Waals surface area contributed by atoms with Crippen LogP contribution in [-0.4, -0.2) is 43.0 Å². The highest BCUT2D eigenvalue weighted by atomic mass is 32.1. The maximum atomic E-state index is 13.5. The average molecular weight is 442 g/mol. The molecule has 7 heteroatoms. The van der Waals surface area contributed by atoms with E-state index < -0.39 is 5.82 Å². The van der Waals surface area contributed by atoms with Crippen molar-refractivity contribution in [3.8, 4) is 0 Å². The fraction of sp³-hybridized carbons (Fsp3) is 0.292. The quantitative estimate of drug-likeness (QED) is 0.602. The number of piperazine rings is 1. The van der Waals surface area contributed by atoms with Gasteiger partial charge in [-0.15, -0.1) is 11.3 Å². The summed E-state index contributed by atoms with van der Waals surface area (Å²) in [5.41, 5.74) is 1.33. The number of carbonyl (C=O) groups is 1. The Labute approximate surface area is 185 Å². The Kier molecular flexibility index (Phi) is 6.63. The number of anilines is 1. The summed E-state index contributed by atoms with van der Waals surface area (Å²) >= 11 is 1.67. The molecule has 162 valence electrons. The van der Waals surface area contributed by atoms with Crippen molar-refractivity contribution in [2.24, 2.45) is 0 Å². The molecule has 4 nitrogen and oxygen atoms in total. The van der Waals surface area contributed by atoms with Crippen LogP contribution in [0.4, 0.5) is 14.5 Å². The van der Waals surface area contributed by atoms with E-state index in [1.807, 2.05) is 30.5 Å². The number of amides is 1. The molecule has 4 rings (SSSR count). The van der Waals surface area contributed by atoms with Gasteiger partial charge in [0.1, 0.15) is 11.6 Å². The van der Waals surface area contributed by atoms with Gasteiger partial charge in [-0.2, -0.15) is 0 Å². The minimum atomic E-state index is -0.424. The number of benzene rings is 2. The largest absolute Gasteiger partial charge is 0.369 e. The van der Waals surface area contributed by atoms with Gasteiger partial charge < -0.3 is 10.2 Å². The van der Waals surface area contributed by atoms with Crippen molar-refractivity contribution in [2.45, 2.75) is 19.0 Å². The van der Waals surface area contributed by atoms with Crippen molar-refractivity contribution < 1.29 is 13.6 Å². The molecule has 0 unspecified atom stereocenters. The molecule has 1 N–H and O–H groups in total. The highest BCUT2D eigenvalue weighted by Crippen LogP contribution is 2.30. The smallest absolute Gasteiger partial charge is 0.251 e. The average Bonchev–Trinajstić information content (AvgIpc) is 3.29. The van der Waals surface area contributed by atoms with Gasteiger partial charge >= 0.3 is 0 Å². The topological polar surface area (TPSA) is 35.6 Å².